The van der Waals surface area contributed by atoms with Gasteiger partial charge in [-0.05, 0) is 29.5 Å². The number of carbonyl (C=O) groups excluding carboxylic acids is 2. The Hall–Kier alpha value is -3.08. The summed E-state index contributed by atoms with van der Waals surface area (Å²) < 4.78 is 0. The van der Waals surface area contributed by atoms with Crippen LogP contribution in [-0.4, -0.2) is 46.2 Å². The van der Waals surface area contributed by atoms with Crippen molar-refractivity contribution in [1.82, 2.24) is 14.8 Å². The highest BCUT2D eigenvalue weighted by Crippen LogP contribution is 2.21. The number of hydrogen-bond donors (Lipinski definition) is 1. The minimum atomic E-state index is -0.524. The maximum Gasteiger partial charge on any atom is 0.242 e. The van der Waals surface area contributed by atoms with Crippen LogP contribution in [0.4, 0.5) is 0 Å². The molecule has 0 saturated carbocycles. The Morgan fingerprint density at radius 3 is 2.27 bits per heavy atom. The van der Waals surface area contributed by atoms with E-state index in [-0.39, 0.29) is 24.3 Å². The topological polar surface area (TPSA) is 56.4 Å². The quantitative estimate of drug-likeness (QED) is 0.486. The summed E-state index contributed by atoms with van der Waals surface area (Å²) in [6.45, 7) is 11.7. The van der Waals surface area contributed by atoms with Gasteiger partial charge >= 0.3 is 0 Å². The highest BCUT2D eigenvalue weighted by molar-refractivity contribution is 5.87. The molecule has 0 atom stereocenters. The summed E-state index contributed by atoms with van der Waals surface area (Å²) in [6.07, 6.45) is 2.78. The lowest BCUT2D eigenvalue weighted by atomic mass is 9.94. The molecule has 0 fully saturated rings. The van der Waals surface area contributed by atoms with Crippen LogP contribution in [0.15, 0.2) is 60.8 Å². The molecule has 3 rings (SSSR count). The average Bonchev–Trinajstić information content (AvgIpc) is 3.18. The van der Waals surface area contributed by atoms with Crippen molar-refractivity contribution in [1.29, 1.82) is 0 Å². The van der Waals surface area contributed by atoms with E-state index in [9.17, 15) is 9.59 Å². The first kappa shape index (κ1) is 24.6. The Kier molecular flexibility index (Phi) is 7.96. The van der Waals surface area contributed by atoms with Crippen LogP contribution in [0.3, 0.4) is 0 Å². The highest BCUT2D eigenvalue weighted by atomic mass is 16.2. The fourth-order valence-corrected chi connectivity index (χ4v) is 4.09. The lowest BCUT2D eigenvalue weighted by Crippen LogP contribution is -2.48. The SMILES string of the molecule is CC(C)CN(CC(=O)N(CCc1c[nH]c2ccccc12)Cc1ccccc1)C(=O)C(C)(C)C. The lowest BCUT2D eigenvalue weighted by molar-refractivity contribution is -0.146. The number of aromatic nitrogens is 1. The van der Waals surface area contributed by atoms with Crippen molar-refractivity contribution < 1.29 is 9.59 Å². The molecule has 0 spiro atoms. The van der Waals surface area contributed by atoms with Crippen LogP contribution in [0.25, 0.3) is 10.9 Å². The van der Waals surface area contributed by atoms with Gasteiger partial charge in [0, 0.05) is 42.1 Å². The zero-order valence-corrected chi connectivity index (χ0v) is 20.6. The Morgan fingerprint density at radius 2 is 1.61 bits per heavy atom. The molecule has 176 valence electrons. The first-order valence-corrected chi connectivity index (χ1v) is 11.8. The van der Waals surface area contributed by atoms with Crippen molar-refractivity contribution in [3.05, 3.63) is 71.9 Å². The molecule has 2 amide bonds. The summed E-state index contributed by atoms with van der Waals surface area (Å²) in [5, 5.41) is 1.19. The van der Waals surface area contributed by atoms with Gasteiger partial charge in [-0.25, -0.2) is 0 Å². The van der Waals surface area contributed by atoms with Crippen LogP contribution < -0.4 is 0 Å². The summed E-state index contributed by atoms with van der Waals surface area (Å²) in [7, 11) is 0. The number of fused-ring (bicyclic) bond motifs is 1. The molecule has 5 nitrogen and oxygen atoms in total. The standard InChI is InChI=1S/C28H37N3O2/c1-21(2)18-31(27(33)28(3,4)5)20-26(32)30(19-22-11-7-6-8-12-22)16-15-23-17-29-25-14-10-9-13-24(23)25/h6-14,17,21,29H,15-16,18-20H2,1-5H3. The maximum absolute atomic E-state index is 13.5. The van der Waals surface area contributed by atoms with Crippen LogP contribution in [-0.2, 0) is 22.6 Å². The van der Waals surface area contributed by atoms with Gasteiger partial charge in [-0.2, -0.15) is 0 Å². The van der Waals surface area contributed by atoms with E-state index in [4.69, 9.17) is 0 Å². The molecule has 0 bridgehead atoms. The van der Waals surface area contributed by atoms with E-state index >= 15 is 0 Å². The van der Waals surface area contributed by atoms with E-state index < -0.39 is 5.41 Å². The minimum absolute atomic E-state index is 0.0147. The second-order valence-corrected chi connectivity index (χ2v) is 10.2. The van der Waals surface area contributed by atoms with Gasteiger partial charge in [0.15, 0.2) is 0 Å². The molecular formula is C28H37N3O2. The van der Waals surface area contributed by atoms with Gasteiger partial charge < -0.3 is 14.8 Å². The van der Waals surface area contributed by atoms with Gasteiger partial charge in [0.2, 0.25) is 11.8 Å². The molecule has 0 aliphatic carbocycles. The van der Waals surface area contributed by atoms with E-state index in [0.29, 0.717) is 19.6 Å². The van der Waals surface area contributed by atoms with E-state index in [1.54, 1.807) is 4.90 Å². The molecule has 1 N–H and O–H groups in total. The van der Waals surface area contributed by atoms with Gasteiger partial charge in [-0.3, -0.25) is 9.59 Å². The van der Waals surface area contributed by atoms with Gasteiger partial charge in [0.25, 0.3) is 0 Å². The number of amides is 2. The number of para-hydroxylation sites is 1. The number of carbonyl (C=O) groups is 2. The van der Waals surface area contributed by atoms with Crippen LogP contribution >= 0.6 is 0 Å². The molecular weight excluding hydrogens is 410 g/mol. The molecule has 0 radical (unpaired) electrons. The minimum Gasteiger partial charge on any atom is -0.361 e. The van der Waals surface area contributed by atoms with Crippen molar-refractivity contribution in [2.45, 2.75) is 47.6 Å². The molecule has 1 heterocycles. The average molecular weight is 448 g/mol. The maximum atomic E-state index is 13.5. The summed E-state index contributed by atoms with van der Waals surface area (Å²) in [6, 6.07) is 18.3. The third-order valence-corrected chi connectivity index (χ3v) is 5.74. The van der Waals surface area contributed by atoms with Gasteiger partial charge in [0.1, 0.15) is 0 Å². The lowest BCUT2D eigenvalue weighted by Gasteiger charge is -2.32. The van der Waals surface area contributed by atoms with Crippen molar-refractivity contribution in [3.8, 4) is 0 Å². The number of aromatic amines is 1. The van der Waals surface area contributed by atoms with Gasteiger partial charge in [-0.15, -0.1) is 0 Å². The van der Waals surface area contributed by atoms with Crippen LogP contribution in [0.2, 0.25) is 0 Å². The monoisotopic (exact) mass is 447 g/mol. The normalized spacial score (nSPS) is 11.7. The number of rotatable bonds is 9. The number of nitrogens with one attached hydrogen (secondary N) is 1. The van der Waals surface area contributed by atoms with Gasteiger partial charge in [0.05, 0.1) is 6.54 Å². The molecule has 3 aromatic rings. The Balaban J connectivity index is 1.79. The summed E-state index contributed by atoms with van der Waals surface area (Å²) in [5.41, 5.74) is 2.86. The van der Waals surface area contributed by atoms with Crippen molar-refractivity contribution in [2.24, 2.45) is 11.3 Å². The number of nitrogens with zero attached hydrogens (tertiary/aromatic N) is 2. The van der Waals surface area contributed by atoms with Gasteiger partial charge in [-0.1, -0.05) is 83.1 Å². The third kappa shape index (κ3) is 6.70. The molecule has 2 aromatic carbocycles. The fourth-order valence-electron chi connectivity index (χ4n) is 4.09. The van der Waals surface area contributed by atoms with Crippen molar-refractivity contribution in [2.75, 3.05) is 19.6 Å². The summed E-state index contributed by atoms with van der Waals surface area (Å²) in [5.74, 6) is 0.288. The predicted molar refractivity (Wildman–Crippen MR) is 135 cm³/mol. The van der Waals surface area contributed by atoms with E-state index in [1.165, 1.54) is 10.9 Å². The predicted octanol–water partition coefficient (Wildman–Crippen LogP) is 5.27. The summed E-state index contributed by atoms with van der Waals surface area (Å²) in [4.78, 5) is 33.5. The van der Waals surface area contributed by atoms with E-state index in [1.807, 2.05) is 74.3 Å². The van der Waals surface area contributed by atoms with E-state index in [2.05, 4.69) is 31.0 Å². The molecule has 0 saturated heterocycles. The summed E-state index contributed by atoms with van der Waals surface area (Å²) >= 11 is 0. The molecule has 0 unspecified atom stereocenters. The van der Waals surface area contributed by atoms with E-state index in [0.717, 1.165) is 17.5 Å². The zero-order valence-electron chi connectivity index (χ0n) is 20.6. The molecule has 33 heavy (non-hydrogen) atoms. The second-order valence-electron chi connectivity index (χ2n) is 10.2. The molecule has 1 aromatic heterocycles. The van der Waals surface area contributed by atoms with Crippen molar-refractivity contribution >= 4 is 22.7 Å². The van der Waals surface area contributed by atoms with Crippen LogP contribution in [0.1, 0.15) is 45.7 Å². The zero-order chi connectivity index (χ0) is 24.0. The first-order chi connectivity index (χ1) is 15.6. The molecule has 5 heteroatoms. The number of H-pyrrole nitrogens is 1. The Labute approximate surface area is 197 Å². The Bertz CT molecular complexity index is 1060. The fraction of sp³-hybridized carbons (Fsp3) is 0.429. The largest absolute Gasteiger partial charge is 0.361 e. The Morgan fingerprint density at radius 1 is 0.939 bits per heavy atom. The van der Waals surface area contributed by atoms with Crippen LogP contribution in [0, 0.1) is 11.3 Å². The second kappa shape index (κ2) is 10.7. The highest BCUT2D eigenvalue weighted by Gasteiger charge is 2.30. The third-order valence-electron chi connectivity index (χ3n) is 5.74. The first-order valence-electron chi connectivity index (χ1n) is 11.8. The molecule has 0 aliphatic heterocycles. The van der Waals surface area contributed by atoms with Crippen molar-refractivity contribution in [3.63, 3.8) is 0 Å². The number of benzene rings is 2. The molecule has 0 aliphatic rings. The van der Waals surface area contributed by atoms with Crippen LogP contribution in [0.5, 0.6) is 0 Å². The smallest absolute Gasteiger partial charge is 0.242 e. The number of hydrogen-bond acceptors (Lipinski definition) is 2.